The number of nitrogens with two attached hydrogens (primary N) is 1. The van der Waals surface area contributed by atoms with E-state index in [2.05, 4.69) is 5.32 Å². The minimum atomic E-state index is -3.94. The van der Waals surface area contributed by atoms with Gasteiger partial charge in [0.2, 0.25) is 15.9 Å². The maximum atomic E-state index is 13.5. The van der Waals surface area contributed by atoms with Gasteiger partial charge in [-0.1, -0.05) is 6.07 Å². The Labute approximate surface area is 119 Å². The number of halogens is 1. The molecule has 20 heavy (non-hydrogen) atoms. The summed E-state index contributed by atoms with van der Waals surface area (Å²) in [6, 6.07) is 6.56. The normalized spacial score (nSPS) is 11.3. The van der Waals surface area contributed by atoms with Crippen LogP contribution in [0.3, 0.4) is 0 Å². The van der Waals surface area contributed by atoms with E-state index >= 15 is 0 Å². The van der Waals surface area contributed by atoms with E-state index in [1.807, 2.05) is 5.38 Å². The van der Waals surface area contributed by atoms with E-state index in [9.17, 15) is 17.6 Å². The zero-order valence-electron chi connectivity index (χ0n) is 10.2. The molecular formula is C12H11FN2O3S2. The third kappa shape index (κ3) is 3.62. The molecule has 0 atom stereocenters. The second-order valence-corrected chi connectivity index (χ2v) is 6.58. The number of anilines is 1. The Morgan fingerprint density at radius 3 is 2.70 bits per heavy atom. The molecule has 1 amide bonds. The predicted molar refractivity (Wildman–Crippen MR) is 74.4 cm³/mol. The van der Waals surface area contributed by atoms with Gasteiger partial charge in [0, 0.05) is 4.88 Å². The summed E-state index contributed by atoms with van der Waals surface area (Å²) in [5.74, 6) is -1.16. The lowest BCUT2D eigenvalue weighted by atomic mass is 10.2. The second kappa shape index (κ2) is 5.70. The first kappa shape index (κ1) is 14.6. The molecule has 1 aromatic heterocycles. The fourth-order valence-corrected chi connectivity index (χ4v) is 2.79. The Balaban J connectivity index is 2.18. The molecule has 0 spiro atoms. The number of carbonyl (C=O) groups excluding carboxylic acids is 1. The maximum absolute atomic E-state index is 13.5. The summed E-state index contributed by atoms with van der Waals surface area (Å²) in [4.78, 5) is 12.3. The molecule has 2 aromatic rings. The summed E-state index contributed by atoms with van der Waals surface area (Å²) in [6.45, 7) is 0. The Morgan fingerprint density at radius 1 is 1.35 bits per heavy atom. The molecule has 0 unspecified atom stereocenters. The van der Waals surface area contributed by atoms with Gasteiger partial charge in [-0.05, 0) is 29.6 Å². The Kier molecular flexibility index (Phi) is 4.17. The van der Waals surface area contributed by atoms with E-state index in [1.54, 1.807) is 12.1 Å². The Bertz CT molecular complexity index is 727. The molecule has 8 heteroatoms. The molecule has 0 aliphatic heterocycles. The van der Waals surface area contributed by atoms with Gasteiger partial charge in [0.05, 0.1) is 17.0 Å². The number of thiophene rings is 1. The van der Waals surface area contributed by atoms with Crippen LogP contribution in [0.2, 0.25) is 0 Å². The van der Waals surface area contributed by atoms with Crippen LogP contribution in [0, 0.1) is 5.82 Å². The summed E-state index contributed by atoms with van der Waals surface area (Å²) in [5, 5.41) is 9.11. The quantitative estimate of drug-likeness (QED) is 0.900. The first-order valence-electron chi connectivity index (χ1n) is 5.51. The molecule has 106 valence electrons. The van der Waals surface area contributed by atoms with E-state index in [1.165, 1.54) is 11.3 Å². The first-order valence-corrected chi connectivity index (χ1v) is 7.93. The monoisotopic (exact) mass is 314 g/mol. The van der Waals surface area contributed by atoms with Crippen LogP contribution in [-0.2, 0) is 21.2 Å². The second-order valence-electron chi connectivity index (χ2n) is 3.99. The number of carbonyl (C=O) groups is 1. The molecule has 1 heterocycles. The molecule has 2 rings (SSSR count). The molecule has 0 saturated carbocycles. The number of nitrogens with one attached hydrogen (secondary N) is 1. The first-order chi connectivity index (χ1) is 9.36. The van der Waals surface area contributed by atoms with Gasteiger partial charge >= 0.3 is 0 Å². The van der Waals surface area contributed by atoms with Crippen molar-refractivity contribution in [3.63, 3.8) is 0 Å². The minimum Gasteiger partial charge on any atom is -0.323 e. The van der Waals surface area contributed by atoms with Gasteiger partial charge in [-0.15, -0.1) is 11.3 Å². The SMILES string of the molecule is NS(=O)(=O)c1ccc(F)c(NC(=O)Cc2cccs2)c1. The van der Waals surface area contributed by atoms with Gasteiger partial charge in [0.15, 0.2) is 0 Å². The third-order valence-electron chi connectivity index (χ3n) is 2.46. The fourth-order valence-electron chi connectivity index (χ4n) is 1.54. The Hall–Kier alpha value is -1.77. The number of hydrogen-bond donors (Lipinski definition) is 2. The van der Waals surface area contributed by atoms with E-state index in [-0.39, 0.29) is 17.0 Å². The standard InChI is InChI=1S/C12H11FN2O3S2/c13-10-4-3-9(20(14,17)18)7-11(10)15-12(16)6-8-2-1-5-19-8/h1-5,7H,6H2,(H,15,16)(H2,14,17,18). The highest BCUT2D eigenvalue weighted by Crippen LogP contribution is 2.19. The molecule has 0 bridgehead atoms. The number of sulfonamides is 1. The largest absolute Gasteiger partial charge is 0.323 e. The molecule has 5 nitrogen and oxygen atoms in total. The van der Waals surface area contributed by atoms with Crippen molar-refractivity contribution in [3.05, 3.63) is 46.4 Å². The molecule has 3 N–H and O–H groups in total. The molecule has 0 radical (unpaired) electrons. The minimum absolute atomic E-state index is 0.0940. The topological polar surface area (TPSA) is 89.3 Å². The lowest BCUT2D eigenvalue weighted by Crippen LogP contribution is -2.17. The molecule has 0 saturated heterocycles. The van der Waals surface area contributed by atoms with Gasteiger partial charge in [0.25, 0.3) is 0 Å². The van der Waals surface area contributed by atoms with Gasteiger partial charge in [-0.25, -0.2) is 17.9 Å². The van der Waals surface area contributed by atoms with Gasteiger partial charge < -0.3 is 5.32 Å². The smallest absolute Gasteiger partial charge is 0.238 e. The molecule has 0 fully saturated rings. The van der Waals surface area contributed by atoms with Crippen LogP contribution in [0.25, 0.3) is 0 Å². The summed E-state index contributed by atoms with van der Waals surface area (Å²) >= 11 is 1.40. The van der Waals surface area contributed by atoms with Crippen molar-refractivity contribution >= 4 is 33.0 Å². The average Bonchev–Trinajstić information content (AvgIpc) is 2.83. The highest BCUT2D eigenvalue weighted by atomic mass is 32.2. The highest BCUT2D eigenvalue weighted by Gasteiger charge is 2.13. The van der Waals surface area contributed by atoms with E-state index in [0.29, 0.717) is 0 Å². The zero-order valence-corrected chi connectivity index (χ0v) is 11.8. The Morgan fingerprint density at radius 2 is 2.10 bits per heavy atom. The number of rotatable bonds is 4. The third-order valence-corrected chi connectivity index (χ3v) is 4.24. The number of benzene rings is 1. The van der Waals surface area contributed by atoms with Crippen LogP contribution in [0.5, 0.6) is 0 Å². The number of hydrogen-bond acceptors (Lipinski definition) is 4. The van der Waals surface area contributed by atoms with Crippen molar-refractivity contribution in [1.29, 1.82) is 0 Å². The molecule has 0 aliphatic carbocycles. The van der Waals surface area contributed by atoms with E-state index < -0.39 is 21.7 Å². The van der Waals surface area contributed by atoms with Crippen molar-refractivity contribution < 1.29 is 17.6 Å². The van der Waals surface area contributed by atoms with Gasteiger partial charge in [-0.2, -0.15) is 0 Å². The van der Waals surface area contributed by atoms with Crippen molar-refractivity contribution in [2.45, 2.75) is 11.3 Å². The summed E-state index contributed by atoms with van der Waals surface area (Å²) in [5.41, 5.74) is -0.210. The van der Waals surface area contributed by atoms with Crippen molar-refractivity contribution in [3.8, 4) is 0 Å². The van der Waals surface area contributed by atoms with Crippen LogP contribution >= 0.6 is 11.3 Å². The summed E-state index contributed by atoms with van der Waals surface area (Å²) in [6.07, 6.45) is 0.0940. The molecule has 1 aromatic carbocycles. The van der Waals surface area contributed by atoms with Crippen molar-refractivity contribution in [2.24, 2.45) is 5.14 Å². The van der Waals surface area contributed by atoms with E-state index in [0.717, 1.165) is 23.1 Å². The summed E-state index contributed by atoms with van der Waals surface area (Å²) in [7, 11) is -3.94. The van der Waals surface area contributed by atoms with Gasteiger partial charge in [-0.3, -0.25) is 4.79 Å². The van der Waals surface area contributed by atoms with Crippen molar-refractivity contribution in [1.82, 2.24) is 0 Å². The molecule has 0 aliphatic rings. The lowest BCUT2D eigenvalue weighted by Gasteiger charge is -2.07. The zero-order chi connectivity index (χ0) is 14.8. The van der Waals surface area contributed by atoms with Gasteiger partial charge in [0.1, 0.15) is 5.82 Å². The predicted octanol–water partition coefficient (Wildman–Crippen LogP) is 1.72. The highest BCUT2D eigenvalue weighted by molar-refractivity contribution is 7.89. The van der Waals surface area contributed by atoms with Crippen molar-refractivity contribution in [2.75, 3.05) is 5.32 Å². The van der Waals surface area contributed by atoms with E-state index in [4.69, 9.17) is 5.14 Å². The number of primary sulfonamides is 1. The van der Waals surface area contributed by atoms with Crippen LogP contribution in [0.1, 0.15) is 4.88 Å². The maximum Gasteiger partial charge on any atom is 0.238 e. The van der Waals surface area contributed by atoms with Crippen LogP contribution < -0.4 is 10.5 Å². The van der Waals surface area contributed by atoms with Crippen LogP contribution in [-0.4, -0.2) is 14.3 Å². The molecular weight excluding hydrogens is 303 g/mol. The summed E-state index contributed by atoms with van der Waals surface area (Å²) < 4.78 is 35.9. The lowest BCUT2D eigenvalue weighted by molar-refractivity contribution is -0.115. The fraction of sp³-hybridized carbons (Fsp3) is 0.0833. The number of amides is 1. The van der Waals surface area contributed by atoms with Crippen LogP contribution in [0.4, 0.5) is 10.1 Å². The average molecular weight is 314 g/mol. The van der Waals surface area contributed by atoms with Crippen LogP contribution in [0.15, 0.2) is 40.6 Å².